The first-order valence-corrected chi connectivity index (χ1v) is 8.35. The van der Waals surface area contributed by atoms with Crippen molar-refractivity contribution in [1.82, 2.24) is 20.2 Å². The van der Waals surface area contributed by atoms with Crippen molar-refractivity contribution in [2.75, 3.05) is 11.9 Å². The van der Waals surface area contributed by atoms with Gasteiger partial charge in [0.05, 0.1) is 13.0 Å². The second-order valence-electron chi connectivity index (χ2n) is 6.18. The van der Waals surface area contributed by atoms with Gasteiger partial charge in [0.2, 0.25) is 5.91 Å². The second kappa shape index (κ2) is 7.77. The highest BCUT2D eigenvalue weighted by Gasteiger charge is 2.08. The number of benzene rings is 2. The summed E-state index contributed by atoms with van der Waals surface area (Å²) in [5.41, 5.74) is 3.81. The van der Waals surface area contributed by atoms with Gasteiger partial charge in [-0.25, -0.2) is 4.68 Å². The zero-order chi connectivity index (χ0) is 18.5. The summed E-state index contributed by atoms with van der Waals surface area (Å²) in [6, 6.07) is 13.4. The van der Waals surface area contributed by atoms with E-state index in [9.17, 15) is 4.79 Å². The lowest BCUT2D eigenvalue weighted by atomic mass is 10.1. The van der Waals surface area contributed by atoms with Crippen LogP contribution in [0, 0.1) is 13.8 Å². The maximum atomic E-state index is 12.2. The fourth-order valence-electron chi connectivity index (χ4n) is 2.71. The summed E-state index contributed by atoms with van der Waals surface area (Å²) in [5, 5.41) is 14.3. The van der Waals surface area contributed by atoms with Crippen LogP contribution in [0.4, 0.5) is 5.69 Å². The van der Waals surface area contributed by atoms with E-state index < -0.39 is 0 Å². The van der Waals surface area contributed by atoms with Crippen LogP contribution in [0.15, 0.2) is 42.5 Å². The first-order valence-electron chi connectivity index (χ1n) is 8.35. The summed E-state index contributed by atoms with van der Waals surface area (Å²) < 4.78 is 7.27. The smallest absolute Gasteiger partial charge is 0.227 e. The van der Waals surface area contributed by atoms with Gasteiger partial charge in [-0.3, -0.25) is 4.79 Å². The Hall–Kier alpha value is -3.22. The number of carbonyl (C=O) groups excluding carboxylic acids is 1. The van der Waals surface area contributed by atoms with E-state index in [0.717, 1.165) is 22.4 Å². The van der Waals surface area contributed by atoms with Gasteiger partial charge in [0.15, 0.2) is 5.82 Å². The molecule has 0 bridgehead atoms. The topological polar surface area (TPSA) is 81.9 Å². The van der Waals surface area contributed by atoms with Gasteiger partial charge in [-0.05, 0) is 59.7 Å². The summed E-state index contributed by atoms with van der Waals surface area (Å²) in [4.78, 5) is 12.2. The number of hydrogen-bond donors (Lipinski definition) is 1. The highest BCUT2D eigenvalue weighted by atomic mass is 16.5. The molecule has 134 valence electrons. The molecular formula is C19H21N5O2. The predicted octanol–water partition coefficient (Wildman–Crippen LogP) is 2.90. The van der Waals surface area contributed by atoms with Crippen LogP contribution >= 0.6 is 0 Å². The lowest BCUT2D eigenvalue weighted by Crippen LogP contribution is -2.15. The molecule has 0 aliphatic carbocycles. The number of aromatic nitrogens is 4. The Bertz CT molecular complexity index is 900. The highest BCUT2D eigenvalue weighted by Crippen LogP contribution is 2.20. The molecule has 2 aromatic carbocycles. The minimum absolute atomic E-state index is 0.109. The van der Waals surface area contributed by atoms with E-state index in [4.69, 9.17) is 4.74 Å². The molecule has 0 aliphatic rings. The quantitative estimate of drug-likeness (QED) is 0.738. The summed E-state index contributed by atoms with van der Waals surface area (Å²) in [5.74, 6) is 1.31. The monoisotopic (exact) mass is 351 g/mol. The minimum atomic E-state index is -0.109. The number of anilines is 1. The van der Waals surface area contributed by atoms with Gasteiger partial charge in [-0.2, -0.15) is 0 Å². The van der Waals surface area contributed by atoms with Crippen LogP contribution in [-0.4, -0.2) is 32.7 Å². The third kappa shape index (κ3) is 4.44. The molecule has 3 rings (SSSR count). The van der Waals surface area contributed by atoms with E-state index in [1.807, 2.05) is 50.2 Å². The Morgan fingerprint density at radius 3 is 2.62 bits per heavy atom. The molecule has 1 amide bonds. The fraction of sp³-hybridized carbons (Fsp3) is 0.263. The highest BCUT2D eigenvalue weighted by molar-refractivity contribution is 5.91. The third-order valence-electron chi connectivity index (χ3n) is 3.82. The third-order valence-corrected chi connectivity index (χ3v) is 3.82. The molecule has 7 nitrogen and oxygen atoms in total. The molecule has 0 spiro atoms. The van der Waals surface area contributed by atoms with Gasteiger partial charge in [0.1, 0.15) is 5.75 Å². The van der Waals surface area contributed by atoms with Crippen molar-refractivity contribution < 1.29 is 9.53 Å². The molecular weight excluding hydrogens is 330 g/mol. The van der Waals surface area contributed by atoms with Gasteiger partial charge >= 0.3 is 0 Å². The first kappa shape index (κ1) is 17.6. The number of nitrogens with zero attached hydrogens (tertiary/aromatic N) is 4. The number of amides is 1. The fourth-order valence-corrected chi connectivity index (χ4v) is 2.71. The zero-order valence-electron chi connectivity index (χ0n) is 15.1. The minimum Gasteiger partial charge on any atom is -0.493 e. The number of ether oxygens (including phenoxy) is 1. The van der Waals surface area contributed by atoms with Crippen LogP contribution in [0.25, 0.3) is 11.4 Å². The van der Waals surface area contributed by atoms with Gasteiger partial charge < -0.3 is 10.1 Å². The number of carbonyl (C=O) groups is 1. The average molecular weight is 351 g/mol. The summed E-state index contributed by atoms with van der Waals surface area (Å²) in [6.45, 7) is 4.36. The van der Waals surface area contributed by atoms with E-state index in [1.54, 1.807) is 11.7 Å². The number of nitrogens with one attached hydrogen (secondary N) is 1. The number of hydrogen-bond acceptors (Lipinski definition) is 5. The number of tetrazole rings is 1. The van der Waals surface area contributed by atoms with Crippen LogP contribution in [0.5, 0.6) is 5.75 Å². The summed E-state index contributed by atoms with van der Waals surface area (Å²) in [7, 11) is 1.77. The average Bonchev–Trinajstić information content (AvgIpc) is 3.00. The summed E-state index contributed by atoms with van der Waals surface area (Å²) in [6.07, 6.45) is 0.267. The molecule has 0 aliphatic heterocycles. The molecule has 0 fully saturated rings. The van der Waals surface area contributed by atoms with Crippen LogP contribution in [0.3, 0.4) is 0 Å². The largest absolute Gasteiger partial charge is 0.493 e. The van der Waals surface area contributed by atoms with Crippen molar-refractivity contribution in [3.63, 3.8) is 0 Å². The van der Waals surface area contributed by atoms with Gasteiger partial charge in [0.25, 0.3) is 0 Å². The van der Waals surface area contributed by atoms with Crippen molar-refractivity contribution >= 4 is 11.6 Å². The standard InChI is InChI=1S/C19H21N5O2/c1-13-9-14(2)11-17(10-13)26-8-7-18(25)20-16-6-4-5-15(12-16)19-21-22-23-24(19)3/h4-6,9-12H,7-8H2,1-3H3,(H,20,25). The van der Waals surface area contributed by atoms with E-state index in [-0.39, 0.29) is 12.3 Å². The van der Waals surface area contributed by atoms with E-state index in [0.29, 0.717) is 18.1 Å². The van der Waals surface area contributed by atoms with E-state index in [1.165, 1.54) is 0 Å². The molecule has 0 atom stereocenters. The van der Waals surface area contributed by atoms with Crippen molar-refractivity contribution in [3.8, 4) is 17.1 Å². The summed E-state index contributed by atoms with van der Waals surface area (Å²) >= 11 is 0. The van der Waals surface area contributed by atoms with Crippen molar-refractivity contribution in [1.29, 1.82) is 0 Å². The van der Waals surface area contributed by atoms with Crippen LogP contribution in [-0.2, 0) is 11.8 Å². The maximum absolute atomic E-state index is 12.2. The lowest BCUT2D eigenvalue weighted by Gasteiger charge is -2.09. The molecule has 1 N–H and O–H groups in total. The first-order chi connectivity index (χ1) is 12.5. The van der Waals surface area contributed by atoms with E-state index >= 15 is 0 Å². The molecule has 0 saturated carbocycles. The molecule has 7 heteroatoms. The van der Waals surface area contributed by atoms with Gasteiger partial charge in [-0.15, -0.1) is 5.10 Å². The molecule has 0 unspecified atom stereocenters. The Morgan fingerprint density at radius 2 is 1.92 bits per heavy atom. The number of aryl methyl sites for hydroxylation is 3. The maximum Gasteiger partial charge on any atom is 0.227 e. The lowest BCUT2D eigenvalue weighted by molar-refractivity contribution is -0.116. The molecule has 0 radical (unpaired) electrons. The zero-order valence-corrected chi connectivity index (χ0v) is 15.1. The number of rotatable bonds is 6. The molecule has 1 heterocycles. The van der Waals surface area contributed by atoms with E-state index in [2.05, 4.69) is 26.9 Å². The molecule has 1 aromatic heterocycles. The predicted molar refractivity (Wildman–Crippen MR) is 98.9 cm³/mol. The molecule has 0 saturated heterocycles. The van der Waals surface area contributed by atoms with Gasteiger partial charge in [-0.1, -0.05) is 18.2 Å². The Kier molecular flexibility index (Phi) is 5.26. The second-order valence-corrected chi connectivity index (χ2v) is 6.18. The molecule has 3 aromatic rings. The molecule has 26 heavy (non-hydrogen) atoms. The van der Waals surface area contributed by atoms with Crippen molar-refractivity contribution in [2.24, 2.45) is 7.05 Å². The van der Waals surface area contributed by atoms with Crippen LogP contribution in [0.2, 0.25) is 0 Å². The Morgan fingerprint density at radius 1 is 1.15 bits per heavy atom. The van der Waals surface area contributed by atoms with Crippen LogP contribution in [0.1, 0.15) is 17.5 Å². The van der Waals surface area contributed by atoms with Crippen molar-refractivity contribution in [3.05, 3.63) is 53.6 Å². The van der Waals surface area contributed by atoms with Crippen LogP contribution < -0.4 is 10.1 Å². The Balaban J connectivity index is 1.56. The van der Waals surface area contributed by atoms with Gasteiger partial charge in [0, 0.05) is 18.3 Å². The normalized spacial score (nSPS) is 10.6. The van der Waals surface area contributed by atoms with Crippen molar-refractivity contribution in [2.45, 2.75) is 20.3 Å². The SMILES string of the molecule is Cc1cc(C)cc(OCCC(=O)Nc2cccc(-c3nnnn3C)c2)c1. The Labute approximate surface area is 152 Å².